The maximum Gasteiger partial charge on any atom is 0.164 e. The van der Waals surface area contributed by atoms with Crippen molar-refractivity contribution >= 4 is 64.4 Å². The molecule has 0 aliphatic rings. The normalized spacial score (nSPS) is 11.7. The molecule has 60 heavy (non-hydrogen) atoms. The molecule has 0 spiro atoms. The Bertz CT molecular complexity index is 3580. The number of furan rings is 1. The van der Waals surface area contributed by atoms with Crippen LogP contribution >= 0.6 is 11.3 Å². The van der Waals surface area contributed by atoms with Gasteiger partial charge in [0.05, 0.1) is 15.9 Å². The van der Waals surface area contributed by atoms with E-state index in [1.807, 2.05) is 48.5 Å². The molecule has 4 heterocycles. The smallest absolute Gasteiger partial charge is 0.164 e. The third kappa shape index (κ3) is 5.76. The van der Waals surface area contributed by atoms with E-state index in [1.165, 1.54) is 31.3 Å². The zero-order chi connectivity index (χ0) is 39.6. The first-order valence-electron chi connectivity index (χ1n) is 20.0. The number of hydrogen-bond donors (Lipinski definition) is 0. The molecule has 6 heteroatoms. The second-order valence-corrected chi connectivity index (χ2v) is 16.0. The van der Waals surface area contributed by atoms with E-state index in [0.717, 1.165) is 71.9 Å². The fraction of sp³-hybridized carbons (Fsp3) is 0. The lowest BCUT2D eigenvalue weighted by Gasteiger charge is -2.11. The molecule has 0 aliphatic heterocycles. The number of aromatic nitrogens is 4. The summed E-state index contributed by atoms with van der Waals surface area (Å²) in [5.74, 6) is 1.83. The molecule has 12 aromatic rings. The van der Waals surface area contributed by atoms with Crippen LogP contribution in [0.25, 0.3) is 121 Å². The van der Waals surface area contributed by atoms with Crippen molar-refractivity contribution < 1.29 is 4.42 Å². The van der Waals surface area contributed by atoms with Crippen LogP contribution in [0.1, 0.15) is 0 Å². The van der Waals surface area contributed by atoms with Gasteiger partial charge in [0.1, 0.15) is 11.2 Å². The highest BCUT2D eigenvalue weighted by molar-refractivity contribution is 7.26. The van der Waals surface area contributed by atoms with Gasteiger partial charge in [-0.25, -0.2) is 19.9 Å². The number of para-hydroxylation sites is 2. The van der Waals surface area contributed by atoms with Gasteiger partial charge >= 0.3 is 0 Å². The molecule has 0 N–H and O–H groups in total. The lowest BCUT2D eigenvalue weighted by molar-refractivity contribution is 0.670. The van der Waals surface area contributed by atoms with Crippen LogP contribution in [0.3, 0.4) is 0 Å². The summed E-state index contributed by atoms with van der Waals surface area (Å²) in [6.07, 6.45) is 0. The predicted octanol–water partition coefficient (Wildman–Crippen LogP) is 14.7. The van der Waals surface area contributed by atoms with Crippen LogP contribution < -0.4 is 0 Å². The van der Waals surface area contributed by atoms with Crippen LogP contribution in [-0.4, -0.2) is 19.9 Å². The summed E-state index contributed by atoms with van der Waals surface area (Å²) in [5.41, 5.74) is 11.9. The Morgan fingerprint density at radius 1 is 0.367 bits per heavy atom. The molecule has 0 aliphatic carbocycles. The molecule has 0 fully saturated rings. The van der Waals surface area contributed by atoms with E-state index in [4.69, 9.17) is 24.4 Å². The van der Waals surface area contributed by atoms with Gasteiger partial charge in [0.15, 0.2) is 17.5 Å². The first-order chi connectivity index (χ1) is 29.7. The molecule has 0 saturated heterocycles. The molecule has 4 aromatic heterocycles. The van der Waals surface area contributed by atoms with Crippen molar-refractivity contribution in [3.05, 3.63) is 194 Å². The van der Waals surface area contributed by atoms with Gasteiger partial charge in [0.25, 0.3) is 0 Å². The minimum absolute atomic E-state index is 0.605. The third-order valence-corrected chi connectivity index (χ3v) is 12.5. The summed E-state index contributed by atoms with van der Waals surface area (Å²) in [7, 11) is 0. The highest BCUT2D eigenvalue weighted by Gasteiger charge is 2.19. The summed E-state index contributed by atoms with van der Waals surface area (Å²) in [5, 5.41) is 5.88. The molecular formula is C54H32N4OS. The van der Waals surface area contributed by atoms with E-state index in [-0.39, 0.29) is 0 Å². The second kappa shape index (κ2) is 13.9. The summed E-state index contributed by atoms with van der Waals surface area (Å²) in [4.78, 5) is 20.4. The number of pyridine rings is 1. The highest BCUT2D eigenvalue weighted by atomic mass is 32.1. The van der Waals surface area contributed by atoms with Crippen LogP contribution in [0.4, 0.5) is 0 Å². The lowest BCUT2D eigenvalue weighted by atomic mass is 9.98. The van der Waals surface area contributed by atoms with E-state index in [2.05, 4.69) is 146 Å². The van der Waals surface area contributed by atoms with E-state index in [1.54, 1.807) is 11.3 Å². The molecule has 280 valence electrons. The van der Waals surface area contributed by atoms with Crippen molar-refractivity contribution in [2.75, 3.05) is 0 Å². The lowest BCUT2D eigenvalue weighted by Crippen LogP contribution is -2.00. The Hall–Kier alpha value is -7.80. The van der Waals surface area contributed by atoms with Crippen LogP contribution in [0.15, 0.2) is 199 Å². The summed E-state index contributed by atoms with van der Waals surface area (Å²) >= 11 is 1.80. The van der Waals surface area contributed by atoms with Crippen LogP contribution in [-0.2, 0) is 0 Å². The minimum atomic E-state index is 0.605. The van der Waals surface area contributed by atoms with Crippen LogP contribution in [0.2, 0.25) is 0 Å². The third-order valence-electron chi connectivity index (χ3n) is 11.4. The van der Waals surface area contributed by atoms with Gasteiger partial charge < -0.3 is 4.42 Å². The van der Waals surface area contributed by atoms with Crippen molar-refractivity contribution in [1.82, 2.24) is 19.9 Å². The predicted molar refractivity (Wildman–Crippen MR) is 248 cm³/mol. The van der Waals surface area contributed by atoms with Gasteiger partial charge in [-0.15, -0.1) is 11.3 Å². The fourth-order valence-electron chi connectivity index (χ4n) is 8.39. The average Bonchev–Trinajstić information content (AvgIpc) is 3.91. The molecule has 0 bridgehead atoms. The Balaban J connectivity index is 0.945. The van der Waals surface area contributed by atoms with Crippen molar-refractivity contribution in [2.24, 2.45) is 0 Å². The molecule has 0 atom stereocenters. The number of nitrogens with zero attached hydrogens (tertiary/aromatic N) is 4. The fourth-order valence-corrected chi connectivity index (χ4v) is 9.62. The number of hydrogen-bond acceptors (Lipinski definition) is 6. The van der Waals surface area contributed by atoms with Crippen LogP contribution in [0.5, 0.6) is 0 Å². The average molecular weight is 785 g/mol. The maximum atomic E-state index is 6.36. The highest BCUT2D eigenvalue weighted by Crippen LogP contribution is 2.44. The Morgan fingerprint density at radius 2 is 0.917 bits per heavy atom. The van der Waals surface area contributed by atoms with Crippen molar-refractivity contribution in [1.29, 1.82) is 0 Å². The SMILES string of the molecule is c1ccc(-c2ccc3nc(-c4ccc(-c5nc(-c6ccccc6)nc(-c6ccc(-c7cccc8c7oc7ccccc78)cc6)n5)cc4)c4sc5ccccc5c4c3c2)cc1. The summed E-state index contributed by atoms with van der Waals surface area (Å²) in [6.45, 7) is 0. The minimum Gasteiger partial charge on any atom is -0.455 e. The molecule has 0 saturated carbocycles. The Labute approximate surface area is 348 Å². The van der Waals surface area contributed by atoms with Gasteiger partial charge in [0.2, 0.25) is 0 Å². The monoisotopic (exact) mass is 784 g/mol. The molecule has 5 nitrogen and oxygen atoms in total. The number of thiophene rings is 1. The molecular weight excluding hydrogens is 753 g/mol. The Kier molecular flexibility index (Phi) is 7.96. The van der Waals surface area contributed by atoms with E-state index in [9.17, 15) is 0 Å². The van der Waals surface area contributed by atoms with Gasteiger partial charge in [-0.05, 0) is 41.0 Å². The summed E-state index contributed by atoms with van der Waals surface area (Å²) < 4.78 is 8.78. The van der Waals surface area contributed by atoms with Gasteiger partial charge in [-0.2, -0.15) is 0 Å². The quantitative estimate of drug-likeness (QED) is 0.168. The van der Waals surface area contributed by atoms with Gasteiger partial charge in [-0.3, -0.25) is 0 Å². The zero-order valence-electron chi connectivity index (χ0n) is 32.1. The van der Waals surface area contributed by atoms with Crippen molar-refractivity contribution in [2.45, 2.75) is 0 Å². The molecule has 8 aromatic carbocycles. The molecule has 0 unspecified atom stereocenters. The van der Waals surface area contributed by atoms with Gasteiger partial charge in [0, 0.05) is 59.4 Å². The molecule has 0 amide bonds. The molecule has 12 rings (SSSR count). The zero-order valence-corrected chi connectivity index (χ0v) is 32.9. The number of benzene rings is 8. The maximum absolute atomic E-state index is 6.36. The second-order valence-electron chi connectivity index (χ2n) is 15.0. The van der Waals surface area contributed by atoms with Crippen LogP contribution in [0, 0.1) is 0 Å². The first kappa shape index (κ1) is 34.3. The number of fused-ring (bicyclic) bond motifs is 8. The largest absolute Gasteiger partial charge is 0.455 e. The molecule has 0 radical (unpaired) electrons. The first-order valence-corrected chi connectivity index (χ1v) is 20.8. The van der Waals surface area contributed by atoms with E-state index < -0.39 is 0 Å². The van der Waals surface area contributed by atoms with Crippen molar-refractivity contribution in [3.8, 4) is 67.7 Å². The standard InChI is InChI=1S/C54H32N4OS/c1-3-12-33(13-4-1)39-30-31-45-44(32-39)48-43-17-8-10-21-47(43)60-51(48)49(55-45)35-24-28-38(29-25-35)54-57-52(36-14-5-2-6-15-36)56-53(58-54)37-26-22-34(23-27-37)40-18-11-19-42-41-16-7-9-20-46(41)59-50(40)42/h1-32H. The topological polar surface area (TPSA) is 64.7 Å². The van der Waals surface area contributed by atoms with Gasteiger partial charge in [-0.1, -0.05) is 170 Å². The van der Waals surface area contributed by atoms with E-state index in [0.29, 0.717) is 17.5 Å². The summed E-state index contributed by atoms with van der Waals surface area (Å²) in [6, 6.07) is 67.3. The van der Waals surface area contributed by atoms with Crippen molar-refractivity contribution in [3.63, 3.8) is 0 Å². The Morgan fingerprint density at radius 3 is 1.63 bits per heavy atom. The van der Waals surface area contributed by atoms with E-state index >= 15 is 0 Å². The number of rotatable bonds is 6.